The molecule has 1 heterocycles. The summed E-state index contributed by atoms with van der Waals surface area (Å²) in [7, 11) is 0. The van der Waals surface area contributed by atoms with Crippen molar-refractivity contribution in [1.29, 1.82) is 0 Å². The number of carbonyl (C=O) groups is 2. The van der Waals surface area contributed by atoms with Crippen molar-refractivity contribution in [2.24, 2.45) is 0 Å². The number of amides is 1. The van der Waals surface area contributed by atoms with Crippen LogP contribution in [0.1, 0.15) is 28.6 Å². The van der Waals surface area contributed by atoms with Gasteiger partial charge in [0.25, 0.3) is 5.91 Å². The highest BCUT2D eigenvalue weighted by Gasteiger charge is 2.22. The quantitative estimate of drug-likeness (QED) is 0.880. The molecular formula is C14H11Cl2NO4. The maximum absolute atomic E-state index is 12.0. The average Bonchev–Trinajstić information content (AvgIpc) is 2.91. The Morgan fingerprint density at radius 3 is 2.62 bits per heavy atom. The summed E-state index contributed by atoms with van der Waals surface area (Å²) in [5, 5.41) is 12.3. The second-order valence-corrected chi connectivity index (χ2v) is 5.11. The molecule has 0 fully saturated rings. The number of nitrogens with one attached hydrogen (secondary N) is 1. The number of rotatable bonds is 5. The van der Waals surface area contributed by atoms with Gasteiger partial charge in [-0.15, -0.1) is 0 Å². The Morgan fingerprint density at radius 1 is 1.29 bits per heavy atom. The van der Waals surface area contributed by atoms with Crippen LogP contribution in [0.3, 0.4) is 0 Å². The van der Waals surface area contributed by atoms with E-state index in [1.807, 2.05) is 0 Å². The van der Waals surface area contributed by atoms with Gasteiger partial charge in [0.1, 0.15) is 0 Å². The molecule has 1 amide bonds. The van der Waals surface area contributed by atoms with Crippen LogP contribution in [0.15, 0.2) is 41.0 Å². The molecule has 0 aliphatic rings. The van der Waals surface area contributed by atoms with Crippen LogP contribution in [0.25, 0.3) is 0 Å². The van der Waals surface area contributed by atoms with Crippen molar-refractivity contribution in [3.8, 4) is 0 Å². The average molecular weight is 328 g/mol. The molecule has 110 valence electrons. The lowest BCUT2D eigenvalue weighted by atomic mass is 10.0. The monoisotopic (exact) mass is 327 g/mol. The largest absolute Gasteiger partial charge is 0.481 e. The first-order valence-corrected chi connectivity index (χ1v) is 6.74. The van der Waals surface area contributed by atoms with Crippen LogP contribution in [0.4, 0.5) is 0 Å². The maximum atomic E-state index is 12.0. The molecule has 1 atom stereocenters. The Balaban J connectivity index is 2.25. The van der Waals surface area contributed by atoms with Gasteiger partial charge in [-0.2, -0.15) is 0 Å². The number of hydrogen-bond acceptors (Lipinski definition) is 3. The third-order valence-corrected chi connectivity index (χ3v) is 3.33. The van der Waals surface area contributed by atoms with E-state index in [0.29, 0.717) is 10.6 Å². The predicted molar refractivity (Wildman–Crippen MR) is 77.6 cm³/mol. The van der Waals surface area contributed by atoms with Gasteiger partial charge < -0.3 is 14.8 Å². The zero-order chi connectivity index (χ0) is 15.4. The molecule has 0 radical (unpaired) electrons. The van der Waals surface area contributed by atoms with E-state index >= 15 is 0 Å². The SMILES string of the molecule is O=C(O)CC(NC(=O)c1ccco1)c1ccc(Cl)cc1Cl. The van der Waals surface area contributed by atoms with Crippen molar-refractivity contribution < 1.29 is 19.1 Å². The number of halogens is 2. The molecule has 0 bridgehead atoms. The fraction of sp³-hybridized carbons (Fsp3) is 0.143. The second kappa shape index (κ2) is 6.65. The van der Waals surface area contributed by atoms with Gasteiger partial charge in [-0.3, -0.25) is 9.59 Å². The van der Waals surface area contributed by atoms with Gasteiger partial charge in [-0.1, -0.05) is 29.3 Å². The highest BCUT2D eigenvalue weighted by Crippen LogP contribution is 2.28. The predicted octanol–water partition coefficient (Wildman–Crippen LogP) is 3.53. The molecule has 21 heavy (non-hydrogen) atoms. The summed E-state index contributed by atoms with van der Waals surface area (Å²) in [5.41, 5.74) is 0.475. The number of carbonyl (C=O) groups excluding carboxylic acids is 1. The molecule has 0 saturated heterocycles. The fourth-order valence-corrected chi connectivity index (χ4v) is 2.37. The summed E-state index contributed by atoms with van der Waals surface area (Å²) < 4.78 is 4.97. The minimum atomic E-state index is -1.06. The number of carboxylic acids is 1. The number of carboxylic acid groups (broad SMARTS) is 1. The molecule has 2 rings (SSSR count). The van der Waals surface area contributed by atoms with Gasteiger partial charge in [0.2, 0.25) is 0 Å². The number of furan rings is 1. The third kappa shape index (κ3) is 4.00. The Hall–Kier alpha value is -1.98. The van der Waals surface area contributed by atoms with Crippen molar-refractivity contribution in [2.45, 2.75) is 12.5 Å². The summed E-state index contributed by atoms with van der Waals surface area (Å²) in [6.07, 6.45) is 1.05. The molecule has 1 unspecified atom stereocenters. The Bertz CT molecular complexity index is 655. The number of aliphatic carboxylic acids is 1. The topological polar surface area (TPSA) is 79.5 Å². The second-order valence-electron chi connectivity index (χ2n) is 4.27. The first kappa shape index (κ1) is 15.4. The molecular weight excluding hydrogens is 317 g/mol. The maximum Gasteiger partial charge on any atom is 0.305 e. The van der Waals surface area contributed by atoms with Gasteiger partial charge in [0.15, 0.2) is 5.76 Å². The summed E-state index contributed by atoms with van der Waals surface area (Å²) >= 11 is 11.9. The molecule has 0 spiro atoms. The molecule has 1 aromatic carbocycles. The normalized spacial score (nSPS) is 11.9. The summed E-state index contributed by atoms with van der Waals surface area (Å²) in [4.78, 5) is 23.0. The first-order valence-electron chi connectivity index (χ1n) is 5.98. The summed E-state index contributed by atoms with van der Waals surface area (Å²) in [5.74, 6) is -1.49. The van der Waals surface area contributed by atoms with E-state index in [0.717, 1.165) is 0 Å². The zero-order valence-electron chi connectivity index (χ0n) is 10.7. The van der Waals surface area contributed by atoms with E-state index < -0.39 is 17.9 Å². The summed E-state index contributed by atoms with van der Waals surface area (Å²) in [6, 6.07) is 6.92. The molecule has 1 aromatic heterocycles. The van der Waals surface area contributed by atoms with Gasteiger partial charge in [0.05, 0.1) is 18.7 Å². The first-order chi connectivity index (χ1) is 9.97. The molecule has 0 aliphatic carbocycles. The van der Waals surface area contributed by atoms with Crippen molar-refractivity contribution in [3.05, 3.63) is 58.0 Å². The van der Waals surface area contributed by atoms with Crippen LogP contribution >= 0.6 is 23.2 Å². The van der Waals surface area contributed by atoms with Crippen LogP contribution in [0.2, 0.25) is 10.0 Å². The standard InChI is InChI=1S/C14H11Cl2NO4/c15-8-3-4-9(10(16)6-8)11(7-13(18)19)17-14(20)12-2-1-5-21-12/h1-6,11H,7H2,(H,17,20)(H,18,19). The van der Waals surface area contributed by atoms with E-state index in [2.05, 4.69) is 5.32 Å². The van der Waals surface area contributed by atoms with Crippen LogP contribution in [0.5, 0.6) is 0 Å². The van der Waals surface area contributed by atoms with Gasteiger partial charge in [-0.25, -0.2) is 0 Å². The Kier molecular flexibility index (Phi) is 4.88. The van der Waals surface area contributed by atoms with Crippen molar-refractivity contribution in [3.63, 3.8) is 0 Å². The van der Waals surface area contributed by atoms with Gasteiger partial charge in [-0.05, 0) is 29.8 Å². The lowest BCUT2D eigenvalue weighted by molar-refractivity contribution is -0.137. The molecule has 5 nitrogen and oxygen atoms in total. The van der Waals surface area contributed by atoms with Crippen molar-refractivity contribution in [2.75, 3.05) is 0 Å². The van der Waals surface area contributed by atoms with E-state index in [1.165, 1.54) is 18.4 Å². The minimum Gasteiger partial charge on any atom is -0.481 e. The van der Waals surface area contributed by atoms with E-state index in [1.54, 1.807) is 18.2 Å². The lowest BCUT2D eigenvalue weighted by Gasteiger charge is -2.18. The van der Waals surface area contributed by atoms with Gasteiger partial charge in [0, 0.05) is 10.0 Å². The molecule has 2 N–H and O–H groups in total. The molecule has 0 saturated carbocycles. The van der Waals surface area contributed by atoms with Gasteiger partial charge >= 0.3 is 5.97 Å². The highest BCUT2D eigenvalue weighted by atomic mass is 35.5. The number of hydrogen-bond donors (Lipinski definition) is 2. The Labute approximate surface area is 130 Å². The molecule has 7 heteroatoms. The summed E-state index contributed by atoms with van der Waals surface area (Å²) in [6.45, 7) is 0. The van der Waals surface area contributed by atoms with Crippen LogP contribution in [-0.4, -0.2) is 17.0 Å². The van der Waals surface area contributed by atoms with Crippen LogP contribution in [-0.2, 0) is 4.79 Å². The van der Waals surface area contributed by atoms with E-state index in [4.69, 9.17) is 32.7 Å². The van der Waals surface area contributed by atoms with Crippen molar-refractivity contribution >= 4 is 35.1 Å². The molecule has 0 aliphatic heterocycles. The minimum absolute atomic E-state index is 0.0930. The zero-order valence-corrected chi connectivity index (χ0v) is 12.2. The van der Waals surface area contributed by atoms with E-state index in [9.17, 15) is 9.59 Å². The van der Waals surface area contributed by atoms with Crippen LogP contribution in [0, 0.1) is 0 Å². The third-order valence-electron chi connectivity index (χ3n) is 2.77. The van der Waals surface area contributed by atoms with E-state index in [-0.39, 0.29) is 17.2 Å². The smallest absolute Gasteiger partial charge is 0.305 e. The Morgan fingerprint density at radius 2 is 2.05 bits per heavy atom. The molecule has 2 aromatic rings. The lowest BCUT2D eigenvalue weighted by Crippen LogP contribution is -2.30. The van der Waals surface area contributed by atoms with Crippen molar-refractivity contribution in [1.82, 2.24) is 5.32 Å². The number of benzene rings is 1. The van der Waals surface area contributed by atoms with Crippen LogP contribution < -0.4 is 5.32 Å². The fourth-order valence-electron chi connectivity index (χ4n) is 1.83. The highest BCUT2D eigenvalue weighted by molar-refractivity contribution is 6.35.